The number of nitrogens with zero attached hydrogens (tertiary/aromatic N) is 2. The second-order valence-electron chi connectivity index (χ2n) is 4.33. The second kappa shape index (κ2) is 5.49. The molecule has 0 aliphatic heterocycles. The van der Waals surface area contributed by atoms with Gasteiger partial charge in [-0.2, -0.15) is 4.39 Å². The highest BCUT2D eigenvalue weighted by Gasteiger charge is 2.15. The van der Waals surface area contributed by atoms with E-state index in [0.29, 0.717) is 16.4 Å². The van der Waals surface area contributed by atoms with Gasteiger partial charge in [0.1, 0.15) is 5.75 Å². The molecule has 2 heterocycles. The Morgan fingerprint density at radius 2 is 2.05 bits per heavy atom. The molecule has 0 bridgehead atoms. The average Bonchev–Trinajstić information content (AvgIpc) is 2.89. The minimum absolute atomic E-state index is 0.431. The van der Waals surface area contributed by atoms with Crippen molar-refractivity contribution in [1.29, 1.82) is 0 Å². The van der Waals surface area contributed by atoms with E-state index < -0.39 is 5.95 Å². The SMILES string of the molecule is COc1cccc(-c2nc(N)sc2-c2ccnc(F)c2)c1. The van der Waals surface area contributed by atoms with Crippen molar-refractivity contribution in [3.05, 3.63) is 48.5 Å². The number of nitrogen functional groups attached to an aromatic ring is 1. The minimum Gasteiger partial charge on any atom is -0.497 e. The molecule has 4 nitrogen and oxygen atoms in total. The first kappa shape index (κ1) is 13.5. The highest BCUT2D eigenvalue weighted by atomic mass is 32.1. The predicted molar refractivity (Wildman–Crippen MR) is 81.7 cm³/mol. The number of pyridine rings is 1. The van der Waals surface area contributed by atoms with Crippen molar-refractivity contribution in [1.82, 2.24) is 9.97 Å². The highest BCUT2D eigenvalue weighted by molar-refractivity contribution is 7.19. The van der Waals surface area contributed by atoms with Crippen molar-refractivity contribution in [3.63, 3.8) is 0 Å². The summed E-state index contributed by atoms with van der Waals surface area (Å²) in [5, 5.41) is 0.431. The van der Waals surface area contributed by atoms with Crippen LogP contribution >= 0.6 is 11.3 Å². The molecule has 0 spiro atoms. The number of benzene rings is 1. The molecule has 6 heteroatoms. The van der Waals surface area contributed by atoms with Crippen LogP contribution < -0.4 is 10.5 Å². The number of methoxy groups -OCH3 is 1. The summed E-state index contributed by atoms with van der Waals surface area (Å²) >= 11 is 1.32. The third kappa shape index (κ3) is 2.71. The third-order valence-corrected chi connectivity index (χ3v) is 3.91. The summed E-state index contributed by atoms with van der Waals surface area (Å²) in [5.41, 5.74) is 8.11. The largest absolute Gasteiger partial charge is 0.497 e. The molecule has 3 aromatic rings. The number of halogens is 1. The maximum atomic E-state index is 13.3. The summed E-state index contributed by atoms with van der Waals surface area (Å²) in [6.45, 7) is 0. The summed E-state index contributed by atoms with van der Waals surface area (Å²) < 4.78 is 18.6. The van der Waals surface area contributed by atoms with Gasteiger partial charge in [-0.15, -0.1) is 0 Å². The Morgan fingerprint density at radius 3 is 2.81 bits per heavy atom. The van der Waals surface area contributed by atoms with Crippen molar-refractivity contribution in [2.75, 3.05) is 12.8 Å². The van der Waals surface area contributed by atoms with Crippen LogP contribution in [0, 0.1) is 5.95 Å². The van der Waals surface area contributed by atoms with E-state index in [2.05, 4.69) is 9.97 Å². The Kier molecular flexibility index (Phi) is 3.53. The maximum absolute atomic E-state index is 13.3. The number of aromatic nitrogens is 2. The topological polar surface area (TPSA) is 61.0 Å². The van der Waals surface area contributed by atoms with Gasteiger partial charge in [-0.05, 0) is 18.2 Å². The number of thiazole rings is 1. The van der Waals surface area contributed by atoms with Crippen molar-refractivity contribution in [2.24, 2.45) is 0 Å². The first-order valence-corrected chi connectivity index (χ1v) is 7.01. The van der Waals surface area contributed by atoms with Crippen LogP contribution in [0.4, 0.5) is 9.52 Å². The Bertz CT molecular complexity index is 788. The molecule has 0 saturated carbocycles. The Labute approximate surface area is 125 Å². The first-order chi connectivity index (χ1) is 10.2. The van der Waals surface area contributed by atoms with E-state index in [9.17, 15) is 4.39 Å². The lowest BCUT2D eigenvalue weighted by Crippen LogP contribution is -1.88. The highest BCUT2D eigenvalue weighted by Crippen LogP contribution is 2.38. The van der Waals surface area contributed by atoms with Crippen LogP contribution in [-0.4, -0.2) is 17.1 Å². The molecule has 0 saturated heterocycles. The molecule has 1 aromatic carbocycles. The smallest absolute Gasteiger partial charge is 0.213 e. The van der Waals surface area contributed by atoms with E-state index in [1.54, 1.807) is 13.2 Å². The fourth-order valence-electron chi connectivity index (χ4n) is 2.04. The van der Waals surface area contributed by atoms with Gasteiger partial charge in [-0.3, -0.25) is 0 Å². The molecule has 21 heavy (non-hydrogen) atoms. The molecule has 0 radical (unpaired) electrons. The molecule has 0 amide bonds. The number of hydrogen-bond donors (Lipinski definition) is 1. The molecule has 0 unspecified atom stereocenters. The van der Waals surface area contributed by atoms with Gasteiger partial charge in [-0.25, -0.2) is 9.97 Å². The summed E-state index contributed by atoms with van der Waals surface area (Å²) in [4.78, 5) is 8.74. The van der Waals surface area contributed by atoms with Gasteiger partial charge in [0.05, 0.1) is 17.7 Å². The van der Waals surface area contributed by atoms with Crippen LogP contribution in [-0.2, 0) is 0 Å². The molecule has 0 aliphatic carbocycles. The summed E-state index contributed by atoms with van der Waals surface area (Å²) in [7, 11) is 1.60. The molecule has 3 rings (SSSR count). The molecule has 0 aliphatic rings. The second-order valence-corrected chi connectivity index (χ2v) is 5.36. The van der Waals surface area contributed by atoms with Gasteiger partial charge in [0.15, 0.2) is 5.13 Å². The zero-order valence-corrected chi connectivity index (χ0v) is 12.0. The lowest BCUT2D eigenvalue weighted by molar-refractivity contribution is 0.415. The number of rotatable bonds is 3. The van der Waals surface area contributed by atoms with Crippen LogP contribution in [0.2, 0.25) is 0 Å². The van der Waals surface area contributed by atoms with Gasteiger partial charge < -0.3 is 10.5 Å². The van der Waals surface area contributed by atoms with E-state index in [1.807, 2.05) is 24.3 Å². The minimum atomic E-state index is -0.531. The summed E-state index contributed by atoms with van der Waals surface area (Å²) in [5.74, 6) is 0.196. The average molecular weight is 301 g/mol. The Balaban J connectivity index is 2.15. The first-order valence-electron chi connectivity index (χ1n) is 6.20. The number of hydrogen-bond acceptors (Lipinski definition) is 5. The molecule has 2 N–H and O–H groups in total. The van der Waals surface area contributed by atoms with Crippen LogP contribution in [0.1, 0.15) is 0 Å². The van der Waals surface area contributed by atoms with E-state index in [1.165, 1.54) is 23.6 Å². The number of nitrogens with two attached hydrogens (primary N) is 1. The molecule has 2 aromatic heterocycles. The van der Waals surface area contributed by atoms with Crippen molar-refractivity contribution in [2.45, 2.75) is 0 Å². The lowest BCUT2D eigenvalue weighted by atomic mass is 10.1. The Hall–Kier alpha value is -2.47. The molecular formula is C15H12FN3OS. The predicted octanol–water partition coefficient (Wildman–Crippen LogP) is 3.60. The van der Waals surface area contributed by atoms with Gasteiger partial charge in [-0.1, -0.05) is 23.5 Å². The summed E-state index contributed by atoms with van der Waals surface area (Å²) in [6.07, 6.45) is 1.43. The third-order valence-electron chi connectivity index (χ3n) is 2.98. The molecule has 0 atom stereocenters. The monoisotopic (exact) mass is 301 g/mol. The number of ether oxygens (including phenoxy) is 1. The van der Waals surface area contributed by atoms with E-state index in [-0.39, 0.29) is 0 Å². The van der Waals surface area contributed by atoms with Crippen molar-refractivity contribution < 1.29 is 9.13 Å². The standard InChI is InChI=1S/C15H12FN3OS/c1-20-11-4-2-3-9(7-11)13-14(21-15(17)19-13)10-5-6-18-12(16)8-10/h2-8H,1H3,(H2,17,19). The van der Waals surface area contributed by atoms with E-state index in [0.717, 1.165) is 16.2 Å². The van der Waals surface area contributed by atoms with Gasteiger partial charge in [0, 0.05) is 23.4 Å². The van der Waals surface area contributed by atoms with Crippen LogP contribution in [0.25, 0.3) is 21.7 Å². The van der Waals surface area contributed by atoms with Crippen molar-refractivity contribution in [3.8, 4) is 27.4 Å². The lowest BCUT2D eigenvalue weighted by Gasteiger charge is -2.05. The zero-order chi connectivity index (χ0) is 14.8. The maximum Gasteiger partial charge on any atom is 0.213 e. The fraction of sp³-hybridized carbons (Fsp3) is 0.0667. The van der Waals surface area contributed by atoms with E-state index >= 15 is 0 Å². The quantitative estimate of drug-likeness (QED) is 0.751. The van der Waals surface area contributed by atoms with Crippen LogP contribution in [0.3, 0.4) is 0 Å². The van der Waals surface area contributed by atoms with Crippen LogP contribution in [0.15, 0.2) is 42.6 Å². The van der Waals surface area contributed by atoms with E-state index in [4.69, 9.17) is 10.5 Å². The summed E-state index contributed by atoms with van der Waals surface area (Å²) in [6, 6.07) is 10.6. The normalized spacial score (nSPS) is 10.6. The number of anilines is 1. The molecular weight excluding hydrogens is 289 g/mol. The Morgan fingerprint density at radius 1 is 1.19 bits per heavy atom. The molecule has 106 valence electrons. The van der Waals surface area contributed by atoms with Gasteiger partial charge >= 0.3 is 0 Å². The van der Waals surface area contributed by atoms with Gasteiger partial charge in [0.25, 0.3) is 0 Å². The van der Waals surface area contributed by atoms with Crippen LogP contribution in [0.5, 0.6) is 5.75 Å². The van der Waals surface area contributed by atoms with Gasteiger partial charge in [0.2, 0.25) is 5.95 Å². The fourth-order valence-corrected chi connectivity index (χ4v) is 2.89. The van der Waals surface area contributed by atoms with Crippen molar-refractivity contribution >= 4 is 16.5 Å². The molecule has 0 fully saturated rings. The zero-order valence-electron chi connectivity index (χ0n) is 11.2.